The molecule has 1 aromatic carbocycles. The van der Waals surface area contributed by atoms with Crippen LogP contribution in [-0.4, -0.2) is 9.97 Å². The minimum Gasteiger partial charge on any atom is -0.344 e. The van der Waals surface area contributed by atoms with Crippen LogP contribution >= 0.6 is 11.6 Å². The Hall–Kier alpha value is -1.32. The van der Waals surface area contributed by atoms with E-state index in [0.717, 1.165) is 28.7 Å². The molecule has 0 saturated heterocycles. The van der Waals surface area contributed by atoms with Crippen molar-refractivity contribution in [2.45, 2.75) is 13.0 Å². The van der Waals surface area contributed by atoms with E-state index in [-0.39, 0.29) is 0 Å². The van der Waals surface area contributed by atoms with Crippen LogP contribution in [0, 0.1) is 0 Å². The Balaban J connectivity index is 2.17. The van der Waals surface area contributed by atoms with Crippen LogP contribution < -0.4 is 5.73 Å². The molecule has 1 aromatic heterocycles. The average Bonchev–Trinajstić information content (AvgIpc) is 2.73. The largest absolute Gasteiger partial charge is 0.344 e. The lowest BCUT2D eigenvalue weighted by Crippen LogP contribution is -1.99. The van der Waals surface area contributed by atoms with Crippen molar-refractivity contribution in [3.05, 3.63) is 40.3 Å². The number of H-pyrrole nitrogens is 1. The van der Waals surface area contributed by atoms with Crippen molar-refractivity contribution in [2.75, 3.05) is 0 Å². The van der Waals surface area contributed by atoms with Gasteiger partial charge in [0.15, 0.2) is 0 Å². The zero-order chi connectivity index (χ0) is 10.4. The first kappa shape index (κ1) is 8.95. The van der Waals surface area contributed by atoms with Crippen LogP contribution in [0.3, 0.4) is 0 Å². The van der Waals surface area contributed by atoms with Crippen molar-refractivity contribution in [2.24, 2.45) is 5.73 Å². The molecular formula is C11H10ClN3. The van der Waals surface area contributed by atoms with Crippen LogP contribution in [0.1, 0.15) is 17.1 Å². The highest BCUT2D eigenvalue weighted by atomic mass is 35.5. The summed E-state index contributed by atoms with van der Waals surface area (Å²) in [6.07, 6.45) is 0.873. The number of aromatic nitrogens is 2. The summed E-state index contributed by atoms with van der Waals surface area (Å²) < 4.78 is 0. The first-order valence-electron chi connectivity index (χ1n) is 4.84. The number of nitrogens with one attached hydrogen (secondary N) is 1. The first-order valence-corrected chi connectivity index (χ1v) is 5.22. The number of imidazole rings is 1. The second kappa shape index (κ2) is 3.08. The van der Waals surface area contributed by atoms with E-state index in [2.05, 4.69) is 9.97 Å². The van der Waals surface area contributed by atoms with Crippen LogP contribution in [0.25, 0.3) is 11.3 Å². The van der Waals surface area contributed by atoms with Crippen LogP contribution in [-0.2, 0) is 13.0 Å². The van der Waals surface area contributed by atoms with Crippen LogP contribution in [0.15, 0.2) is 18.2 Å². The van der Waals surface area contributed by atoms with Gasteiger partial charge in [0.2, 0.25) is 0 Å². The predicted octanol–water partition coefficient (Wildman–Crippen LogP) is 2.09. The number of hydrogen-bond donors (Lipinski definition) is 2. The van der Waals surface area contributed by atoms with Gasteiger partial charge in [0, 0.05) is 22.7 Å². The molecule has 3 N–H and O–H groups in total. The van der Waals surface area contributed by atoms with Gasteiger partial charge in [0.25, 0.3) is 0 Å². The van der Waals surface area contributed by atoms with Crippen molar-refractivity contribution in [3.63, 3.8) is 0 Å². The Bertz CT molecular complexity index is 531. The van der Waals surface area contributed by atoms with E-state index in [9.17, 15) is 0 Å². The number of hydrogen-bond acceptors (Lipinski definition) is 2. The molecule has 0 radical (unpaired) electrons. The van der Waals surface area contributed by atoms with Crippen molar-refractivity contribution in [3.8, 4) is 11.3 Å². The topological polar surface area (TPSA) is 54.7 Å². The summed E-state index contributed by atoms with van der Waals surface area (Å²) in [5, 5.41) is 0.776. The molecule has 4 heteroatoms. The molecule has 0 bridgehead atoms. The minimum absolute atomic E-state index is 0.454. The lowest BCUT2D eigenvalue weighted by molar-refractivity contribution is 0.934. The minimum atomic E-state index is 0.454. The number of benzene rings is 1. The first-order chi connectivity index (χ1) is 7.28. The van der Waals surface area contributed by atoms with E-state index >= 15 is 0 Å². The summed E-state index contributed by atoms with van der Waals surface area (Å²) in [6.45, 7) is 0.454. The summed E-state index contributed by atoms with van der Waals surface area (Å²) in [5.74, 6) is 0.848. The molecular weight excluding hydrogens is 210 g/mol. The fourth-order valence-corrected chi connectivity index (χ4v) is 2.24. The van der Waals surface area contributed by atoms with Crippen LogP contribution in [0.4, 0.5) is 0 Å². The highest BCUT2D eigenvalue weighted by molar-refractivity contribution is 6.30. The normalized spacial score (nSPS) is 12.7. The zero-order valence-corrected chi connectivity index (χ0v) is 8.80. The molecule has 0 spiro atoms. The van der Waals surface area contributed by atoms with Gasteiger partial charge in [-0.2, -0.15) is 0 Å². The summed E-state index contributed by atoms with van der Waals surface area (Å²) in [4.78, 5) is 7.69. The van der Waals surface area contributed by atoms with Gasteiger partial charge in [-0.15, -0.1) is 0 Å². The SMILES string of the molecule is NCc1nc2c([nH]1)Cc1cc(Cl)ccc1-2. The molecule has 0 saturated carbocycles. The number of fused-ring (bicyclic) bond motifs is 3. The fraction of sp³-hybridized carbons (Fsp3) is 0.182. The summed E-state index contributed by atoms with van der Waals surface area (Å²) in [6, 6.07) is 5.91. The molecule has 3 nitrogen and oxygen atoms in total. The second-order valence-electron chi connectivity index (χ2n) is 3.69. The van der Waals surface area contributed by atoms with Crippen molar-refractivity contribution in [1.82, 2.24) is 9.97 Å². The fourth-order valence-electron chi connectivity index (χ4n) is 2.04. The molecule has 0 amide bonds. The number of rotatable bonds is 1. The van der Waals surface area contributed by atoms with Crippen LogP contribution in [0.5, 0.6) is 0 Å². The molecule has 0 aliphatic heterocycles. The molecule has 1 aliphatic rings. The Labute approximate surface area is 92.3 Å². The molecule has 0 atom stereocenters. The van der Waals surface area contributed by atoms with Gasteiger partial charge in [0.05, 0.1) is 12.2 Å². The molecule has 0 fully saturated rings. The lowest BCUT2D eigenvalue weighted by atomic mass is 10.1. The maximum absolute atomic E-state index is 5.94. The number of nitrogens with zero attached hydrogens (tertiary/aromatic N) is 1. The predicted molar refractivity (Wildman–Crippen MR) is 59.7 cm³/mol. The van der Waals surface area contributed by atoms with Crippen LogP contribution in [0.2, 0.25) is 5.02 Å². The average molecular weight is 220 g/mol. The third-order valence-corrected chi connectivity index (χ3v) is 2.95. The van der Waals surface area contributed by atoms with Crippen molar-refractivity contribution < 1.29 is 0 Å². The monoisotopic (exact) mass is 219 g/mol. The van der Waals surface area contributed by atoms with Crippen molar-refractivity contribution >= 4 is 11.6 Å². The third-order valence-electron chi connectivity index (χ3n) is 2.71. The number of nitrogens with two attached hydrogens (primary N) is 1. The Kier molecular flexibility index (Phi) is 1.84. The number of halogens is 1. The van der Waals surface area contributed by atoms with E-state index in [0.29, 0.717) is 6.54 Å². The van der Waals surface area contributed by atoms with Gasteiger partial charge in [0.1, 0.15) is 5.82 Å². The molecule has 15 heavy (non-hydrogen) atoms. The van der Waals surface area contributed by atoms with Gasteiger partial charge >= 0.3 is 0 Å². The van der Waals surface area contributed by atoms with E-state index in [1.165, 1.54) is 11.1 Å². The highest BCUT2D eigenvalue weighted by Gasteiger charge is 2.22. The van der Waals surface area contributed by atoms with Crippen molar-refractivity contribution in [1.29, 1.82) is 0 Å². The van der Waals surface area contributed by atoms with Gasteiger partial charge in [-0.25, -0.2) is 4.98 Å². The third kappa shape index (κ3) is 1.28. The maximum Gasteiger partial charge on any atom is 0.120 e. The summed E-state index contributed by atoms with van der Waals surface area (Å²) >= 11 is 5.94. The van der Waals surface area contributed by atoms with Gasteiger partial charge in [-0.3, -0.25) is 0 Å². The van der Waals surface area contributed by atoms with Gasteiger partial charge < -0.3 is 10.7 Å². The smallest absolute Gasteiger partial charge is 0.120 e. The second-order valence-corrected chi connectivity index (χ2v) is 4.13. The lowest BCUT2D eigenvalue weighted by Gasteiger charge is -1.99. The Morgan fingerprint density at radius 3 is 3.13 bits per heavy atom. The molecule has 0 unspecified atom stereocenters. The van der Waals surface area contributed by atoms with E-state index in [1.54, 1.807) is 0 Å². The van der Waals surface area contributed by atoms with E-state index in [4.69, 9.17) is 17.3 Å². The molecule has 76 valence electrons. The Morgan fingerprint density at radius 1 is 1.47 bits per heavy atom. The summed E-state index contributed by atoms with van der Waals surface area (Å²) in [7, 11) is 0. The maximum atomic E-state index is 5.94. The zero-order valence-electron chi connectivity index (χ0n) is 8.05. The quantitative estimate of drug-likeness (QED) is 0.659. The molecule has 3 rings (SSSR count). The molecule has 1 heterocycles. The number of aromatic amines is 1. The molecule has 1 aliphatic carbocycles. The van der Waals surface area contributed by atoms with Gasteiger partial charge in [-0.1, -0.05) is 17.7 Å². The highest BCUT2D eigenvalue weighted by Crippen LogP contribution is 2.35. The van der Waals surface area contributed by atoms with E-state index < -0.39 is 0 Å². The Morgan fingerprint density at radius 2 is 2.33 bits per heavy atom. The summed E-state index contributed by atoms with van der Waals surface area (Å²) in [5.41, 5.74) is 10.1. The standard InChI is InChI=1S/C11H10ClN3/c12-7-1-2-8-6(3-7)4-9-11(8)15-10(5-13)14-9/h1-3H,4-5,13H2,(H,14,15). The molecule has 2 aromatic rings. The van der Waals surface area contributed by atoms with Gasteiger partial charge in [-0.05, 0) is 17.7 Å². The van der Waals surface area contributed by atoms with E-state index in [1.807, 2.05) is 18.2 Å².